The van der Waals surface area contributed by atoms with E-state index < -0.39 is 18.9 Å². The Balaban J connectivity index is 1.75. The molecule has 0 saturated heterocycles. The molecule has 0 aliphatic carbocycles. The normalized spacial score (nSPS) is 11.1. The van der Waals surface area contributed by atoms with Gasteiger partial charge < -0.3 is 14.8 Å². The SMILES string of the molecule is O=C(NCCOc1ccc(Cc2ccccc2)cc1Cl)OCC(F)(F)F. The molecular weight excluding hydrogens is 371 g/mol. The van der Waals surface area contributed by atoms with Crippen LogP contribution in [0.15, 0.2) is 48.5 Å². The lowest BCUT2D eigenvalue weighted by molar-refractivity contribution is -0.160. The zero-order valence-electron chi connectivity index (χ0n) is 13.7. The fourth-order valence-electron chi connectivity index (χ4n) is 2.12. The molecule has 1 amide bonds. The molecule has 0 bridgehead atoms. The van der Waals surface area contributed by atoms with Crippen molar-refractivity contribution < 1.29 is 27.4 Å². The summed E-state index contributed by atoms with van der Waals surface area (Å²) in [7, 11) is 0. The summed E-state index contributed by atoms with van der Waals surface area (Å²) in [5, 5.41) is 2.57. The van der Waals surface area contributed by atoms with Gasteiger partial charge in [-0.05, 0) is 29.7 Å². The van der Waals surface area contributed by atoms with Crippen molar-refractivity contribution in [1.82, 2.24) is 5.32 Å². The monoisotopic (exact) mass is 387 g/mol. The van der Waals surface area contributed by atoms with Gasteiger partial charge in [0.1, 0.15) is 12.4 Å². The summed E-state index contributed by atoms with van der Waals surface area (Å²) in [6.45, 7) is -1.61. The summed E-state index contributed by atoms with van der Waals surface area (Å²) >= 11 is 6.17. The molecule has 0 unspecified atom stereocenters. The van der Waals surface area contributed by atoms with E-state index in [0.29, 0.717) is 10.8 Å². The minimum Gasteiger partial charge on any atom is -0.490 e. The van der Waals surface area contributed by atoms with Gasteiger partial charge >= 0.3 is 12.3 Å². The molecule has 0 aliphatic rings. The predicted molar refractivity (Wildman–Crippen MR) is 91.6 cm³/mol. The lowest BCUT2D eigenvalue weighted by Crippen LogP contribution is -2.31. The van der Waals surface area contributed by atoms with E-state index in [1.807, 2.05) is 36.4 Å². The average Bonchev–Trinajstić information content (AvgIpc) is 2.59. The van der Waals surface area contributed by atoms with Gasteiger partial charge in [-0.15, -0.1) is 0 Å². The molecule has 8 heteroatoms. The predicted octanol–water partition coefficient (Wildman–Crippen LogP) is 4.60. The quantitative estimate of drug-likeness (QED) is 0.706. The summed E-state index contributed by atoms with van der Waals surface area (Å²) in [4.78, 5) is 11.1. The molecule has 2 aromatic carbocycles. The Hall–Kier alpha value is -2.41. The fraction of sp³-hybridized carbons (Fsp3) is 0.278. The zero-order chi connectivity index (χ0) is 19.0. The molecule has 0 radical (unpaired) electrons. The lowest BCUT2D eigenvalue weighted by Gasteiger charge is -2.11. The van der Waals surface area contributed by atoms with Crippen molar-refractivity contribution in [3.05, 3.63) is 64.7 Å². The van der Waals surface area contributed by atoms with Crippen LogP contribution in [0.5, 0.6) is 5.75 Å². The van der Waals surface area contributed by atoms with Gasteiger partial charge in [-0.2, -0.15) is 13.2 Å². The van der Waals surface area contributed by atoms with Crippen molar-refractivity contribution in [2.45, 2.75) is 12.6 Å². The summed E-state index contributed by atoms with van der Waals surface area (Å²) in [6, 6.07) is 15.3. The molecule has 0 atom stereocenters. The van der Waals surface area contributed by atoms with Gasteiger partial charge in [-0.25, -0.2) is 4.79 Å². The van der Waals surface area contributed by atoms with Crippen molar-refractivity contribution >= 4 is 17.7 Å². The van der Waals surface area contributed by atoms with Gasteiger partial charge in [-0.1, -0.05) is 48.0 Å². The number of ether oxygens (including phenoxy) is 2. The topological polar surface area (TPSA) is 47.6 Å². The maximum Gasteiger partial charge on any atom is 0.422 e. The summed E-state index contributed by atoms with van der Waals surface area (Å²) in [5.41, 5.74) is 2.17. The van der Waals surface area contributed by atoms with E-state index in [0.717, 1.165) is 17.5 Å². The van der Waals surface area contributed by atoms with E-state index in [9.17, 15) is 18.0 Å². The molecule has 1 N–H and O–H groups in total. The van der Waals surface area contributed by atoms with Gasteiger partial charge in [0.05, 0.1) is 11.6 Å². The number of hydrogen-bond donors (Lipinski definition) is 1. The second-order valence-electron chi connectivity index (χ2n) is 5.39. The molecule has 2 aromatic rings. The largest absolute Gasteiger partial charge is 0.490 e. The summed E-state index contributed by atoms with van der Waals surface area (Å²) in [6.07, 6.45) is -4.98. The Bertz CT molecular complexity index is 723. The van der Waals surface area contributed by atoms with Crippen LogP contribution in [0.2, 0.25) is 5.02 Å². The first-order valence-corrected chi connectivity index (χ1v) is 8.14. The van der Waals surface area contributed by atoms with E-state index in [-0.39, 0.29) is 13.2 Å². The molecule has 0 aliphatic heterocycles. The molecule has 2 rings (SSSR count). The molecule has 4 nitrogen and oxygen atoms in total. The molecule has 0 saturated carbocycles. The fourth-order valence-corrected chi connectivity index (χ4v) is 2.37. The highest BCUT2D eigenvalue weighted by Crippen LogP contribution is 2.26. The van der Waals surface area contributed by atoms with Gasteiger partial charge in [0, 0.05) is 0 Å². The number of halogens is 4. The Labute approximate surface area is 153 Å². The third-order valence-electron chi connectivity index (χ3n) is 3.24. The third kappa shape index (κ3) is 7.23. The molecule has 0 aromatic heterocycles. The second kappa shape index (κ2) is 9.33. The highest BCUT2D eigenvalue weighted by molar-refractivity contribution is 6.32. The maximum atomic E-state index is 11.9. The second-order valence-corrected chi connectivity index (χ2v) is 5.80. The minimum absolute atomic E-state index is 0.0151. The van der Waals surface area contributed by atoms with E-state index >= 15 is 0 Å². The van der Waals surface area contributed by atoms with Gasteiger partial charge in [0.25, 0.3) is 0 Å². The van der Waals surface area contributed by atoms with Crippen LogP contribution < -0.4 is 10.1 Å². The van der Waals surface area contributed by atoms with Gasteiger partial charge in [0.2, 0.25) is 0 Å². The highest BCUT2D eigenvalue weighted by Gasteiger charge is 2.29. The zero-order valence-corrected chi connectivity index (χ0v) is 14.4. The van der Waals surface area contributed by atoms with Crippen molar-refractivity contribution in [1.29, 1.82) is 0 Å². The number of nitrogens with one attached hydrogen (secondary N) is 1. The number of carbonyl (C=O) groups excluding carboxylic acids is 1. The lowest BCUT2D eigenvalue weighted by atomic mass is 10.1. The first-order valence-electron chi connectivity index (χ1n) is 7.76. The molecule has 0 fully saturated rings. The van der Waals surface area contributed by atoms with E-state index in [2.05, 4.69) is 10.1 Å². The highest BCUT2D eigenvalue weighted by atomic mass is 35.5. The van der Waals surface area contributed by atoms with Crippen molar-refractivity contribution in [3.63, 3.8) is 0 Å². The first kappa shape index (κ1) is 19.9. The minimum atomic E-state index is -4.55. The van der Waals surface area contributed by atoms with Gasteiger partial charge in [-0.3, -0.25) is 0 Å². The molecule has 0 spiro atoms. The van der Waals surface area contributed by atoms with E-state index in [4.69, 9.17) is 16.3 Å². The van der Waals surface area contributed by atoms with Crippen LogP contribution >= 0.6 is 11.6 Å². The molecule has 140 valence electrons. The van der Waals surface area contributed by atoms with Crippen LogP contribution in [0.1, 0.15) is 11.1 Å². The number of carbonyl (C=O) groups is 1. The molecular formula is C18H17ClF3NO3. The number of hydrogen-bond acceptors (Lipinski definition) is 3. The van der Waals surface area contributed by atoms with Crippen molar-refractivity contribution in [2.24, 2.45) is 0 Å². The van der Waals surface area contributed by atoms with Crippen LogP contribution in [0, 0.1) is 0 Å². The van der Waals surface area contributed by atoms with Crippen molar-refractivity contribution in [3.8, 4) is 5.75 Å². The van der Waals surface area contributed by atoms with Crippen LogP contribution in [-0.2, 0) is 11.2 Å². The van der Waals surface area contributed by atoms with E-state index in [1.54, 1.807) is 12.1 Å². The number of benzene rings is 2. The third-order valence-corrected chi connectivity index (χ3v) is 3.54. The number of rotatable bonds is 7. The summed E-state index contributed by atoms with van der Waals surface area (Å²) < 4.78 is 45.1. The van der Waals surface area contributed by atoms with Crippen LogP contribution in [0.4, 0.5) is 18.0 Å². The number of amides is 1. The maximum absolute atomic E-state index is 11.9. The molecule has 26 heavy (non-hydrogen) atoms. The van der Waals surface area contributed by atoms with Gasteiger partial charge in [0.15, 0.2) is 6.61 Å². The Morgan fingerprint density at radius 2 is 1.81 bits per heavy atom. The Morgan fingerprint density at radius 1 is 1.08 bits per heavy atom. The average molecular weight is 388 g/mol. The smallest absolute Gasteiger partial charge is 0.422 e. The van der Waals surface area contributed by atoms with E-state index in [1.165, 1.54) is 0 Å². The Morgan fingerprint density at radius 3 is 2.46 bits per heavy atom. The first-order chi connectivity index (χ1) is 12.3. The number of alkyl halides is 3. The van der Waals surface area contributed by atoms with Crippen LogP contribution in [0.25, 0.3) is 0 Å². The van der Waals surface area contributed by atoms with Crippen LogP contribution in [0.3, 0.4) is 0 Å². The number of alkyl carbamates (subject to hydrolysis) is 1. The molecule has 0 heterocycles. The standard InChI is InChI=1S/C18H17ClF3NO3/c19-15-11-14(10-13-4-2-1-3-5-13)6-7-16(15)25-9-8-23-17(24)26-12-18(20,21)22/h1-7,11H,8-10,12H2,(H,23,24). The summed E-state index contributed by atoms with van der Waals surface area (Å²) in [5.74, 6) is 0.425. The van der Waals surface area contributed by atoms with Crippen LogP contribution in [-0.4, -0.2) is 32.0 Å². The Kier molecular flexibility index (Phi) is 7.15. The van der Waals surface area contributed by atoms with Crippen molar-refractivity contribution in [2.75, 3.05) is 19.8 Å².